The molecule has 0 atom stereocenters. The lowest BCUT2D eigenvalue weighted by Crippen LogP contribution is -2.51. The van der Waals surface area contributed by atoms with Crippen molar-refractivity contribution in [3.8, 4) is 0 Å². The zero-order valence-electron chi connectivity index (χ0n) is 7.76. The second-order valence-electron chi connectivity index (χ2n) is 2.84. The lowest BCUT2D eigenvalue weighted by Gasteiger charge is -1.93. The zero-order valence-corrected chi connectivity index (χ0v) is 7.76. The van der Waals surface area contributed by atoms with Crippen LogP contribution in [0.5, 0.6) is 0 Å². The maximum absolute atomic E-state index is 5.45. The largest absolute Gasteiger partial charge is 0.370 e. The van der Waals surface area contributed by atoms with Crippen LogP contribution < -0.4 is 11.1 Å². The Kier molecular flexibility index (Phi) is 2.17. The van der Waals surface area contributed by atoms with Gasteiger partial charge in [-0.1, -0.05) is 6.92 Å². The normalized spacial score (nSPS) is 10.2. The van der Waals surface area contributed by atoms with Crippen LogP contribution in [0.2, 0.25) is 0 Å². The van der Waals surface area contributed by atoms with E-state index in [4.69, 9.17) is 11.1 Å². The number of hydrogen-bond acceptors (Lipinski definition) is 1. The van der Waals surface area contributed by atoms with Crippen molar-refractivity contribution in [2.45, 2.75) is 27.2 Å². The molecule has 0 amide bonds. The Morgan fingerprint density at radius 1 is 1.58 bits per heavy atom. The molecule has 1 heterocycles. The Morgan fingerprint density at radius 3 is 2.42 bits per heavy atom. The van der Waals surface area contributed by atoms with Crippen LogP contribution in [-0.4, -0.2) is 15.7 Å². The lowest BCUT2D eigenvalue weighted by molar-refractivity contribution is -0.120. The maximum atomic E-state index is 5.45. The van der Waals surface area contributed by atoms with Gasteiger partial charge in [0.25, 0.3) is 0 Å². The fraction of sp³-hybridized carbons (Fsp3) is 0.500. The van der Waals surface area contributed by atoms with Crippen LogP contribution >= 0.6 is 0 Å². The topological polar surface area (TPSA) is 69.4 Å². The number of aromatic nitrogens is 2. The second-order valence-corrected chi connectivity index (χ2v) is 2.84. The van der Waals surface area contributed by atoms with E-state index in [0.717, 1.165) is 17.8 Å². The first-order valence-electron chi connectivity index (χ1n) is 4.01. The molecule has 0 aliphatic carbocycles. The summed E-state index contributed by atoms with van der Waals surface area (Å²) in [6.07, 6.45) is 0.963. The number of hydrogen-bond donors (Lipinski definition) is 2. The molecule has 4 heteroatoms. The van der Waals surface area contributed by atoms with E-state index < -0.39 is 0 Å². The minimum atomic E-state index is 0.232. The Labute approximate surface area is 71.9 Å². The van der Waals surface area contributed by atoms with E-state index in [-0.39, 0.29) is 5.96 Å². The van der Waals surface area contributed by atoms with Gasteiger partial charge in [0.15, 0.2) is 0 Å². The molecule has 4 N–H and O–H groups in total. The molecule has 0 aliphatic heterocycles. The molecule has 0 bridgehead atoms. The van der Waals surface area contributed by atoms with Crippen LogP contribution in [0.15, 0.2) is 0 Å². The van der Waals surface area contributed by atoms with Gasteiger partial charge in [-0.2, -0.15) is 0 Å². The monoisotopic (exact) mass is 167 g/mol. The van der Waals surface area contributed by atoms with E-state index in [1.807, 2.05) is 13.8 Å². The molecule has 1 aromatic rings. The van der Waals surface area contributed by atoms with Crippen molar-refractivity contribution in [1.82, 2.24) is 9.78 Å². The van der Waals surface area contributed by atoms with E-state index in [2.05, 4.69) is 12.0 Å². The van der Waals surface area contributed by atoms with E-state index in [1.165, 1.54) is 5.56 Å². The van der Waals surface area contributed by atoms with Gasteiger partial charge in [0.2, 0.25) is 0 Å². The van der Waals surface area contributed by atoms with Gasteiger partial charge in [0.1, 0.15) is 5.69 Å². The molecule has 1 rings (SSSR count). The molecule has 12 heavy (non-hydrogen) atoms. The van der Waals surface area contributed by atoms with Gasteiger partial charge in [-0.15, -0.1) is 9.78 Å². The summed E-state index contributed by atoms with van der Waals surface area (Å²) in [7, 11) is 0. The third-order valence-corrected chi connectivity index (χ3v) is 2.04. The van der Waals surface area contributed by atoms with Crippen molar-refractivity contribution in [2.24, 2.45) is 5.73 Å². The first kappa shape index (κ1) is 8.77. The van der Waals surface area contributed by atoms with Crippen molar-refractivity contribution in [3.05, 3.63) is 17.0 Å². The molecular formula is C8H15N4+. The van der Waals surface area contributed by atoms with Crippen molar-refractivity contribution >= 4 is 5.96 Å². The Bertz CT molecular complexity index is 311. The fourth-order valence-corrected chi connectivity index (χ4v) is 1.44. The summed E-state index contributed by atoms with van der Waals surface area (Å²) in [4.78, 5) is 0. The van der Waals surface area contributed by atoms with E-state index >= 15 is 0 Å². The smallest absolute Gasteiger partial charge is 0.289 e. The summed E-state index contributed by atoms with van der Waals surface area (Å²) >= 11 is 0. The SMILES string of the molecule is CCc1c(C)nn(C(N)=[NH2+])c1C. The third kappa shape index (κ3) is 1.20. The van der Waals surface area contributed by atoms with Crippen LogP contribution in [0.4, 0.5) is 0 Å². The highest BCUT2D eigenvalue weighted by Crippen LogP contribution is 2.11. The minimum Gasteiger partial charge on any atom is -0.289 e. The van der Waals surface area contributed by atoms with Gasteiger partial charge in [-0.05, 0) is 20.3 Å². The number of nitrogens with zero attached hydrogens (tertiary/aromatic N) is 2. The average molecular weight is 167 g/mol. The van der Waals surface area contributed by atoms with Crippen LogP contribution in [0.3, 0.4) is 0 Å². The molecule has 0 saturated carbocycles. The summed E-state index contributed by atoms with van der Waals surface area (Å²) in [5.41, 5.74) is 8.71. The Balaban J connectivity index is 3.26. The molecule has 0 saturated heterocycles. The molecule has 66 valence electrons. The summed E-state index contributed by atoms with van der Waals surface area (Å²) in [6.45, 7) is 6.03. The number of rotatable bonds is 1. The van der Waals surface area contributed by atoms with E-state index in [9.17, 15) is 0 Å². The third-order valence-electron chi connectivity index (χ3n) is 2.04. The molecule has 0 aromatic carbocycles. The van der Waals surface area contributed by atoms with Crippen molar-refractivity contribution in [1.29, 1.82) is 0 Å². The average Bonchev–Trinajstić information content (AvgIpc) is 2.27. The summed E-state index contributed by atoms with van der Waals surface area (Å²) < 4.78 is 1.58. The highest BCUT2D eigenvalue weighted by Gasteiger charge is 2.15. The van der Waals surface area contributed by atoms with Crippen molar-refractivity contribution in [3.63, 3.8) is 0 Å². The standard InChI is InChI=1S/C8H14N4/c1-4-7-5(2)11-12(6(7)3)8(9)10/h4H2,1-3H3,(H3,9,10)/p+1. The first-order valence-corrected chi connectivity index (χ1v) is 4.01. The van der Waals surface area contributed by atoms with Gasteiger partial charge >= 0.3 is 5.96 Å². The molecule has 1 aromatic heterocycles. The van der Waals surface area contributed by atoms with Crippen molar-refractivity contribution < 1.29 is 5.41 Å². The predicted molar refractivity (Wildman–Crippen MR) is 47.6 cm³/mol. The van der Waals surface area contributed by atoms with Crippen LogP contribution in [0.1, 0.15) is 23.9 Å². The Hall–Kier alpha value is -1.32. The molecule has 0 radical (unpaired) electrons. The molecular weight excluding hydrogens is 152 g/mol. The molecule has 0 fully saturated rings. The summed E-state index contributed by atoms with van der Waals surface area (Å²) in [6, 6.07) is 0. The number of nitrogens with two attached hydrogens (primary N) is 2. The zero-order chi connectivity index (χ0) is 9.30. The quantitative estimate of drug-likeness (QED) is 0.415. The predicted octanol–water partition coefficient (Wildman–Crippen LogP) is -1.02. The van der Waals surface area contributed by atoms with Gasteiger partial charge in [0, 0.05) is 5.56 Å². The van der Waals surface area contributed by atoms with Crippen LogP contribution in [-0.2, 0) is 6.42 Å². The van der Waals surface area contributed by atoms with Gasteiger partial charge in [0.05, 0.1) is 5.69 Å². The van der Waals surface area contributed by atoms with E-state index in [0.29, 0.717) is 0 Å². The minimum absolute atomic E-state index is 0.232. The first-order chi connectivity index (χ1) is 5.57. The molecule has 4 nitrogen and oxygen atoms in total. The number of aryl methyl sites for hydroxylation is 1. The molecule has 0 spiro atoms. The van der Waals surface area contributed by atoms with Crippen LogP contribution in [0.25, 0.3) is 0 Å². The van der Waals surface area contributed by atoms with Crippen LogP contribution in [0, 0.1) is 13.8 Å². The summed E-state index contributed by atoms with van der Waals surface area (Å²) in [5.74, 6) is 0.232. The second kappa shape index (κ2) is 2.97. The summed E-state index contributed by atoms with van der Waals surface area (Å²) in [5, 5.41) is 9.66. The fourth-order valence-electron chi connectivity index (χ4n) is 1.44. The van der Waals surface area contributed by atoms with Crippen molar-refractivity contribution in [2.75, 3.05) is 0 Å². The molecule has 0 aliphatic rings. The lowest BCUT2D eigenvalue weighted by atomic mass is 10.1. The highest BCUT2D eigenvalue weighted by atomic mass is 15.3. The van der Waals surface area contributed by atoms with Gasteiger partial charge < -0.3 is 0 Å². The highest BCUT2D eigenvalue weighted by molar-refractivity contribution is 5.74. The van der Waals surface area contributed by atoms with Gasteiger partial charge in [-0.3, -0.25) is 11.1 Å². The Morgan fingerprint density at radius 2 is 2.17 bits per heavy atom. The maximum Gasteiger partial charge on any atom is 0.370 e. The van der Waals surface area contributed by atoms with E-state index in [1.54, 1.807) is 4.68 Å². The molecule has 0 unspecified atom stereocenters. The van der Waals surface area contributed by atoms with Gasteiger partial charge in [-0.25, -0.2) is 0 Å².